The molecule has 0 saturated heterocycles. The van der Waals surface area contributed by atoms with Crippen LogP contribution in [0, 0.1) is 5.82 Å². The lowest BCUT2D eigenvalue weighted by Crippen LogP contribution is -2.20. The Morgan fingerprint density at radius 2 is 1.96 bits per heavy atom. The Balaban J connectivity index is 2.04. The molecule has 0 aliphatic heterocycles. The van der Waals surface area contributed by atoms with E-state index in [1.165, 1.54) is 16.8 Å². The van der Waals surface area contributed by atoms with Crippen LogP contribution in [0.4, 0.5) is 29.2 Å². The third-order valence-corrected chi connectivity index (χ3v) is 3.71. The average Bonchev–Trinajstić information content (AvgIpc) is 2.58. The molecule has 0 saturated carbocycles. The van der Waals surface area contributed by atoms with Crippen LogP contribution in [0.1, 0.15) is 18.9 Å². The fraction of sp³-hybridized carbons (Fsp3) is 0.235. The van der Waals surface area contributed by atoms with Gasteiger partial charge in [0.1, 0.15) is 11.5 Å². The first-order chi connectivity index (χ1) is 12.3. The molecule has 0 radical (unpaired) electrons. The van der Waals surface area contributed by atoms with E-state index in [-0.39, 0.29) is 11.5 Å². The topological polar surface area (TPSA) is 59.8 Å². The van der Waals surface area contributed by atoms with Gasteiger partial charge in [-0.25, -0.2) is 9.37 Å². The molecule has 0 unspecified atom stereocenters. The first kappa shape index (κ1) is 17.8. The number of anilines is 2. The van der Waals surface area contributed by atoms with Gasteiger partial charge in [0.2, 0.25) is 5.95 Å². The summed E-state index contributed by atoms with van der Waals surface area (Å²) in [7, 11) is 0. The summed E-state index contributed by atoms with van der Waals surface area (Å²) in [5, 5.41) is 3.04. The standard InChI is InChI=1S/C17H14F4N4O/c1-2-7-25-14(26)6-3-10-9-22-16(24-15(10)25)23-13-8-11(17(19,20)21)4-5-12(13)18/h3-6,8-9H,2,7H2,1H3,(H,22,23,24). The van der Waals surface area contributed by atoms with E-state index in [2.05, 4.69) is 15.3 Å². The molecule has 0 bridgehead atoms. The number of halogens is 4. The number of fused-ring (bicyclic) bond motifs is 1. The molecule has 3 aromatic rings. The minimum absolute atomic E-state index is 0.105. The predicted molar refractivity (Wildman–Crippen MR) is 88.8 cm³/mol. The van der Waals surface area contributed by atoms with Gasteiger partial charge in [-0.1, -0.05) is 6.92 Å². The fourth-order valence-corrected chi connectivity index (χ4v) is 2.49. The normalized spacial score (nSPS) is 11.7. The van der Waals surface area contributed by atoms with Gasteiger partial charge < -0.3 is 5.32 Å². The highest BCUT2D eigenvalue weighted by atomic mass is 19.4. The predicted octanol–water partition coefficient (Wildman–Crippen LogP) is 4.10. The van der Waals surface area contributed by atoms with E-state index in [0.717, 1.165) is 6.07 Å². The van der Waals surface area contributed by atoms with Gasteiger partial charge in [0.25, 0.3) is 5.56 Å². The number of nitrogens with zero attached hydrogens (tertiary/aromatic N) is 3. The summed E-state index contributed by atoms with van der Waals surface area (Å²) >= 11 is 0. The monoisotopic (exact) mass is 366 g/mol. The van der Waals surface area contributed by atoms with E-state index in [9.17, 15) is 22.4 Å². The zero-order chi connectivity index (χ0) is 18.9. The van der Waals surface area contributed by atoms with E-state index in [1.807, 2.05) is 6.92 Å². The minimum atomic E-state index is -4.60. The number of nitrogens with one attached hydrogen (secondary N) is 1. The SMILES string of the molecule is CCCn1c(=O)ccc2cnc(Nc3cc(C(F)(F)F)ccc3F)nc21. The summed E-state index contributed by atoms with van der Waals surface area (Å²) in [5.74, 6) is -0.980. The smallest absolute Gasteiger partial charge is 0.322 e. The lowest BCUT2D eigenvalue weighted by Gasteiger charge is -2.12. The van der Waals surface area contributed by atoms with Crippen molar-refractivity contribution in [2.45, 2.75) is 26.1 Å². The lowest BCUT2D eigenvalue weighted by molar-refractivity contribution is -0.137. The Labute approximate surface area is 145 Å². The second-order valence-electron chi connectivity index (χ2n) is 5.61. The van der Waals surface area contributed by atoms with Crippen LogP contribution in [0.25, 0.3) is 11.0 Å². The summed E-state index contributed by atoms with van der Waals surface area (Å²) in [5.41, 5.74) is -1.33. The number of aryl methyl sites for hydroxylation is 1. The van der Waals surface area contributed by atoms with Crippen LogP contribution in [0.5, 0.6) is 0 Å². The number of rotatable bonds is 4. The van der Waals surface area contributed by atoms with Gasteiger partial charge in [0.05, 0.1) is 11.3 Å². The maximum atomic E-state index is 13.9. The number of benzene rings is 1. The molecule has 5 nitrogen and oxygen atoms in total. The largest absolute Gasteiger partial charge is 0.416 e. The van der Waals surface area contributed by atoms with Gasteiger partial charge in [0, 0.05) is 24.2 Å². The summed E-state index contributed by atoms with van der Waals surface area (Å²) in [6.07, 6.45) is -2.49. The van der Waals surface area contributed by atoms with E-state index in [1.54, 1.807) is 6.07 Å². The second kappa shape index (κ2) is 6.74. The Bertz CT molecular complexity index is 1010. The molecule has 136 valence electrons. The minimum Gasteiger partial charge on any atom is -0.322 e. The van der Waals surface area contributed by atoms with Crippen LogP contribution < -0.4 is 10.9 Å². The van der Waals surface area contributed by atoms with E-state index in [4.69, 9.17) is 0 Å². The van der Waals surface area contributed by atoms with Crippen LogP contribution >= 0.6 is 0 Å². The molecule has 2 aromatic heterocycles. The highest BCUT2D eigenvalue weighted by Gasteiger charge is 2.31. The average molecular weight is 366 g/mol. The van der Waals surface area contributed by atoms with Crippen molar-refractivity contribution in [3.05, 3.63) is 58.3 Å². The summed E-state index contributed by atoms with van der Waals surface area (Å²) in [6.45, 7) is 2.31. The zero-order valence-corrected chi connectivity index (χ0v) is 13.6. The van der Waals surface area contributed by atoms with Crippen molar-refractivity contribution < 1.29 is 17.6 Å². The van der Waals surface area contributed by atoms with Crippen molar-refractivity contribution in [1.82, 2.24) is 14.5 Å². The van der Waals surface area contributed by atoms with Gasteiger partial charge >= 0.3 is 6.18 Å². The quantitative estimate of drug-likeness (QED) is 0.706. The van der Waals surface area contributed by atoms with E-state index < -0.39 is 23.2 Å². The van der Waals surface area contributed by atoms with Crippen molar-refractivity contribution >= 4 is 22.7 Å². The Morgan fingerprint density at radius 3 is 2.65 bits per heavy atom. The van der Waals surface area contributed by atoms with Crippen molar-refractivity contribution in [3.63, 3.8) is 0 Å². The molecule has 0 aliphatic carbocycles. The van der Waals surface area contributed by atoms with Crippen molar-refractivity contribution in [2.75, 3.05) is 5.32 Å². The van der Waals surface area contributed by atoms with E-state index in [0.29, 0.717) is 36.1 Å². The summed E-state index contributed by atoms with van der Waals surface area (Å²) in [4.78, 5) is 20.2. The second-order valence-corrected chi connectivity index (χ2v) is 5.61. The highest BCUT2D eigenvalue weighted by Crippen LogP contribution is 2.32. The van der Waals surface area contributed by atoms with Crippen LogP contribution in [0.3, 0.4) is 0 Å². The van der Waals surface area contributed by atoms with Gasteiger partial charge in [0.15, 0.2) is 0 Å². The molecule has 2 heterocycles. The molecule has 1 N–H and O–H groups in total. The van der Waals surface area contributed by atoms with Crippen molar-refractivity contribution in [2.24, 2.45) is 0 Å². The van der Waals surface area contributed by atoms with Gasteiger partial charge in [-0.3, -0.25) is 9.36 Å². The van der Waals surface area contributed by atoms with Crippen molar-refractivity contribution in [1.29, 1.82) is 0 Å². The third-order valence-electron chi connectivity index (χ3n) is 3.71. The molecule has 0 spiro atoms. The maximum Gasteiger partial charge on any atom is 0.416 e. The molecule has 3 rings (SSSR count). The molecule has 0 atom stereocenters. The Morgan fingerprint density at radius 1 is 1.19 bits per heavy atom. The molecule has 9 heteroatoms. The molecule has 1 aromatic carbocycles. The summed E-state index contributed by atoms with van der Waals surface area (Å²) < 4.78 is 53.7. The number of alkyl halides is 3. The molecule has 0 aliphatic rings. The molecule has 0 amide bonds. The van der Waals surface area contributed by atoms with Gasteiger partial charge in [-0.2, -0.15) is 18.2 Å². The highest BCUT2D eigenvalue weighted by molar-refractivity contribution is 5.75. The van der Waals surface area contributed by atoms with Gasteiger partial charge in [-0.15, -0.1) is 0 Å². The first-order valence-electron chi connectivity index (χ1n) is 7.80. The fourth-order valence-electron chi connectivity index (χ4n) is 2.49. The first-order valence-corrected chi connectivity index (χ1v) is 7.80. The van der Waals surface area contributed by atoms with Gasteiger partial charge in [-0.05, 0) is 30.7 Å². The lowest BCUT2D eigenvalue weighted by atomic mass is 10.2. The van der Waals surface area contributed by atoms with Crippen LogP contribution in [0.15, 0.2) is 41.3 Å². The zero-order valence-electron chi connectivity index (χ0n) is 13.6. The van der Waals surface area contributed by atoms with Crippen LogP contribution in [-0.4, -0.2) is 14.5 Å². The molecular formula is C17H14F4N4O. The number of hydrogen-bond donors (Lipinski definition) is 1. The van der Waals surface area contributed by atoms with E-state index >= 15 is 0 Å². The third kappa shape index (κ3) is 3.51. The number of aromatic nitrogens is 3. The molecule has 0 fully saturated rings. The number of pyridine rings is 1. The maximum absolute atomic E-state index is 13.9. The summed E-state index contributed by atoms with van der Waals surface area (Å²) in [6, 6.07) is 4.96. The van der Waals surface area contributed by atoms with Crippen LogP contribution in [0.2, 0.25) is 0 Å². The Hall–Kier alpha value is -2.97. The Kier molecular flexibility index (Phi) is 4.62. The molecule has 26 heavy (non-hydrogen) atoms. The van der Waals surface area contributed by atoms with Crippen molar-refractivity contribution in [3.8, 4) is 0 Å². The van der Waals surface area contributed by atoms with Crippen LogP contribution in [-0.2, 0) is 12.7 Å². The number of hydrogen-bond acceptors (Lipinski definition) is 4. The molecular weight excluding hydrogens is 352 g/mol.